The van der Waals surface area contributed by atoms with Crippen LogP contribution in [0, 0.1) is 17.1 Å². The largest absolute Gasteiger partial charge is 0.324 e. The molecule has 1 N–H and O–H groups in total. The summed E-state index contributed by atoms with van der Waals surface area (Å²) in [7, 11) is 0. The number of halogens is 1. The second kappa shape index (κ2) is 7.29. The van der Waals surface area contributed by atoms with Gasteiger partial charge >= 0.3 is 0 Å². The molecule has 0 saturated carbocycles. The molecule has 6 nitrogen and oxygen atoms in total. The molecule has 0 fully saturated rings. The van der Waals surface area contributed by atoms with Crippen LogP contribution in [0.3, 0.4) is 0 Å². The first-order valence-electron chi connectivity index (χ1n) is 11.1. The molecule has 1 aliphatic carbocycles. The molecule has 1 spiro atoms. The van der Waals surface area contributed by atoms with Gasteiger partial charge in [0.15, 0.2) is 5.78 Å². The van der Waals surface area contributed by atoms with Crippen molar-refractivity contribution in [2.45, 2.75) is 24.7 Å². The van der Waals surface area contributed by atoms with Crippen molar-refractivity contribution in [3.05, 3.63) is 101 Å². The van der Waals surface area contributed by atoms with Crippen LogP contribution in [0.15, 0.2) is 89.9 Å². The standard InChI is InChI=1S/C27H19FN4O2/c28-17-7-5-8-18(15-17)32-22-11-6-12-23(33)24(22)27(19-9-1-2-10-21(19)30-26(27)34)20(16-29)25(32)31-13-3-4-14-31/h1-5,7-10,13-15H,6,11-12H2,(H,30,34)/t27-/m1/s1. The maximum atomic E-state index is 14.4. The number of carbonyl (C=O) groups excluding carboxylic acids is 2. The van der Waals surface area contributed by atoms with E-state index in [1.54, 1.807) is 58.3 Å². The number of hydrogen-bond donors (Lipinski definition) is 1. The minimum Gasteiger partial charge on any atom is -0.324 e. The molecule has 3 heterocycles. The number of nitrogens with zero attached hydrogens (tertiary/aromatic N) is 3. The highest BCUT2D eigenvalue weighted by Crippen LogP contribution is 2.56. The van der Waals surface area contributed by atoms with Crippen LogP contribution in [0.2, 0.25) is 0 Å². The summed E-state index contributed by atoms with van der Waals surface area (Å²) in [4.78, 5) is 29.2. The van der Waals surface area contributed by atoms with Crippen molar-refractivity contribution < 1.29 is 14.0 Å². The van der Waals surface area contributed by atoms with Crippen molar-refractivity contribution in [1.82, 2.24) is 4.57 Å². The van der Waals surface area contributed by atoms with Gasteiger partial charge < -0.3 is 9.88 Å². The van der Waals surface area contributed by atoms with Crippen LogP contribution in [0.1, 0.15) is 24.8 Å². The highest BCUT2D eigenvalue weighted by Gasteiger charge is 2.60. The van der Waals surface area contributed by atoms with Crippen molar-refractivity contribution in [2.75, 3.05) is 10.2 Å². The van der Waals surface area contributed by atoms with Crippen LogP contribution in [-0.2, 0) is 15.0 Å². The Morgan fingerprint density at radius 2 is 1.79 bits per heavy atom. The molecule has 0 unspecified atom stereocenters. The monoisotopic (exact) mass is 450 g/mol. The molecule has 166 valence electrons. The molecular weight excluding hydrogens is 431 g/mol. The summed E-state index contributed by atoms with van der Waals surface area (Å²) in [5.74, 6) is -0.611. The normalized spacial score (nSPS) is 21.5. The summed E-state index contributed by atoms with van der Waals surface area (Å²) < 4.78 is 16.1. The molecule has 6 rings (SSSR count). The van der Waals surface area contributed by atoms with Gasteiger partial charge in [0.25, 0.3) is 0 Å². The lowest BCUT2D eigenvalue weighted by Crippen LogP contribution is -2.49. The van der Waals surface area contributed by atoms with Gasteiger partial charge in [0, 0.05) is 41.3 Å². The summed E-state index contributed by atoms with van der Waals surface area (Å²) >= 11 is 0. The summed E-state index contributed by atoms with van der Waals surface area (Å²) in [6.07, 6.45) is 4.95. The third kappa shape index (κ3) is 2.54. The number of benzene rings is 2. The SMILES string of the molecule is N#CC1=C(n2cccc2)N(c2cccc(F)c2)C2=C(C(=O)CCC2)[C@]12C(=O)Nc1ccccc12. The maximum absolute atomic E-state index is 14.4. The fourth-order valence-corrected chi connectivity index (χ4v) is 5.51. The lowest BCUT2D eigenvalue weighted by molar-refractivity contribution is -0.122. The number of ketones is 1. The van der Waals surface area contributed by atoms with E-state index in [-0.39, 0.29) is 17.8 Å². The summed E-state index contributed by atoms with van der Waals surface area (Å²) in [5, 5.41) is 13.5. The van der Waals surface area contributed by atoms with Gasteiger partial charge in [0.05, 0.1) is 11.3 Å². The topological polar surface area (TPSA) is 78.1 Å². The highest BCUT2D eigenvalue weighted by atomic mass is 19.1. The average molecular weight is 450 g/mol. The average Bonchev–Trinajstić information content (AvgIpc) is 3.46. The van der Waals surface area contributed by atoms with Crippen molar-refractivity contribution in [1.29, 1.82) is 5.26 Å². The van der Waals surface area contributed by atoms with Gasteiger partial charge in [-0.2, -0.15) is 5.26 Å². The maximum Gasteiger partial charge on any atom is 0.245 e. The first-order valence-corrected chi connectivity index (χ1v) is 11.1. The van der Waals surface area contributed by atoms with E-state index in [2.05, 4.69) is 11.4 Å². The van der Waals surface area contributed by atoms with Gasteiger partial charge in [-0.3, -0.25) is 14.5 Å². The molecule has 0 bridgehead atoms. The van der Waals surface area contributed by atoms with E-state index in [9.17, 15) is 19.2 Å². The molecule has 2 aromatic carbocycles. The quantitative estimate of drug-likeness (QED) is 0.612. The molecule has 1 atom stereocenters. The van der Waals surface area contributed by atoms with Crippen molar-refractivity contribution in [3.63, 3.8) is 0 Å². The third-order valence-corrected chi connectivity index (χ3v) is 6.79. The number of fused-ring (bicyclic) bond motifs is 3. The Morgan fingerprint density at radius 1 is 1.00 bits per heavy atom. The van der Waals surface area contributed by atoms with Crippen LogP contribution in [0.4, 0.5) is 15.8 Å². The van der Waals surface area contributed by atoms with Gasteiger partial charge in [0.2, 0.25) is 5.91 Å². The molecule has 34 heavy (non-hydrogen) atoms. The number of nitrogens with one attached hydrogen (secondary N) is 1. The first-order chi connectivity index (χ1) is 16.6. The number of aromatic nitrogens is 1. The Bertz CT molecular complexity index is 1480. The number of Topliss-reactive ketones (excluding diaryl/α,β-unsaturated/α-hetero) is 1. The number of anilines is 2. The van der Waals surface area contributed by atoms with Crippen molar-refractivity contribution in [3.8, 4) is 6.07 Å². The smallest absolute Gasteiger partial charge is 0.245 e. The van der Waals surface area contributed by atoms with E-state index < -0.39 is 17.1 Å². The fourth-order valence-electron chi connectivity index (χ4n) is 5.51. The van der Waals surface area contributed by atoms with Crippen molar-refractivity contribution >= 4 is 28.9 Å². The predicted octanol–water partition coefficient (Wildman–Crippen LogP) is 4.74. The summed E-state index contributed by atoms with van der Waals surface area (Å²) in [6.45, 7) is 0. The Morgan fingerprint density at radius 3 is 2.56 bits per heavy atom. The number of para-hydroxylation sites is 1. The zero-order valence-corrected chi connectivity index (χ0v) is 18.1. The fraction of sp³-hybridized carbons (Fsp3) is 0.148. The molecule has 1 aromatic heterocycles. The van der Waals surface area contributed by atoms with E-state index in [4.69, 9.17) is 0 Å². The molecule has 1 amide bonds. The minimum absolute atomic E-state index is 0.129. The Hall–Kier alpha value is -4.44. The lowest BCUT2D eigenvalue weighted by atomic mass is 9.63. The van der Waals surface area contributed by atoms with Gasteiger partial charge in [0.1, 0.15) is 23.1 Å². The number of amides is 1. The summed E-state index contributed by atoms with van der Waals surface area (Å²) in [5.41, 5.74) is 1.14. The highest BCUT2D eigenvalue weighted by molar-refractivity contribution is 6.21. The molecule has 3 aromatic rings. The minimum atomic E-state index is -1.57. The number of allylic oxidation sites excluding steroid dienone is 1. The van der Waals surface area contributed by atoms with Crippen LogP contribution in [0.25, 0.3) is 5.82 Å². The van der Waals surface area contributed by atoms with Crippen LogP contribution < -0.4 is 10.2 Å². The molecule has 2 aliphatic heterocycles. The van der Waals surface area contributed by atoms with E-state index in [1.165, 1.54) is 12.1 Å². The van der Waals surface area contributed by atoms with E-state index in [0.29, 0.717) is 46.9 Å². The molecule has 7 heteroatoms. The van der Waals surface area contributed by atoms with E-state index in [1.807, 2.05) is 12.1 Å². The molecular formula is C27H19FN4O2. The van der Waals surface area contributed by atoms with E-state index >= 15 is 0 Å². The second-order valence-electron chi connectivity index (χ2n) is 8.56. The Kier molecular flexibility index (Phi) is 4.33. The second-order valence-corrected chi connectivity index (χ2v) is 8.56. The van der Waals surface area contributed by atoms with Crippen LogP contribution in [-0.4, -0.2) is 16.3 Å². The first kappa shape index (κ1) is 20.2. The zero-order chi connectivity index (χ0) is 23.4. The van der Waals surface area contributed by atoms with E-state index in [0.717, 1.165) is 0 Å². The third-order valence-electron chi connectivity index (χ3n) is 6.79. The molecule has 3 aliphatic rings. The Labute approximate surface area is 195 Å². The van der Waals surface area contributed by atoms with Crippen LogP contribution >= 0.6 is 0 Å². The molecule has 0 saturated heterocycles. The lowest BCUT2D eigenvalue weighted by Gasteiger charge is -2.44. The van der Waals surface area contributed by atoms with Gasteiger partial charge in [-0.25, -0.2) is 4.39 Å². The number of nitriles is 1. The van der Waals surface area contributed by atoms with Gasteiger partial charge in [-0.05, 0) is 49.2 Å². The molecule has 0 radical (unpaired) electrons. The predicted molar refractivity (Wildman–Crippen MR) is 125 cm³/mol. The number of carbonyl (C=O) groups is 2. The summed E-state index contributed by atoms with van der Waals surface area (Å²) in [6, 6.07) is 19.2. The zero-order valence-electron chi connectivity index (χ0n) is 18.1. The van der Waals surface area contributed by atoms with Crippen molar-refractivity contribution in [2.24, 2.45) is 0 Å². The van der Waals surface area contributed by atoms with Crippen LogP contribution in [0.5, 0.6) is 0 Å². The van der Waals surface area contributed by atoms with Gasteiger partial charge in [-0.1, -0.05) is 24.3 Å². The number of rotatable bonds is 2. The Balaban J connectivity index is 1.79. The number of hydrogen-bond acceptors (Lipinski definition) is 4. The van der Waals surface area contributed by atoms with Gasteiger partial charge in [-0.15, -0.1) is 0 Å².